The smallest absolute Gasteiger partial charge is 0.0961 e. The zero-order valence-electron chi connectivity index (χ0n) is 5.44. The minimum absolute atomic E-state index is 0.667. The molecule has 0 aliphatic carbocycles. The molecule has 0 aliphatic rings. The summed E-state index contributed by atoms with van der Waals surface area (Å²) in [5.74, 6) is 1.16. The largest absolute Gasteiger partial charge is 0.370 e. The molecule has 1 N–H and O–H groups in total. The lowest BCUT2D eigenvalue weighted by molar-refractivity contribution is 0.178. The second kappa shape index (κ2) is 7.27. The van der Waals surface area contributed by atoms with Crippen LogP contribution in [0.2, 0.25) is 0 Å². The van der Waals surface area contributed by atoms with Crippen LogP contribution in [0.25, 0.3) is 0 Å². The van der Waals surface area contributed by atoms with Crippen LogP contribution in [0.3, 0.4) is 0 Å². The molecule has 2 nitrogen and oxygen atoms in total. The summed E-state index contributed by atoms with van der Waals surface area (Å²) in [6, 6.07) is 0. The third-order valence-electron chi connectivity index (χ3n) is 0.729. The fourth-order valence-corrected chi connectivity index (χ4v) is 0.697. The number of hydrogen-bond donors (Lipinski definition) is 1. The molecular weight excluding hydrogens is 122 g/mol. The van der Waals surface area contributed by atoms with Crippen molar-refractivity contribution in [2.45, 2.75) is 0 Å². The van der Waals surface area contributed by atoms with E-state index in [-0.39, 0.29) is 0 Å². The van der Waals surface area contributed by atoms with Crippen molar-refractivity contribution in [3.05, 3.63) is 0 Å². The van der Waals surface area contributed by atoms with E-state index in [0.29, 0.717) is 6.73 Å². The summed E-state index contributed by atoms with van der Waals surface area (Å²) in [4.78, 5) is 0. The maximum atomic E-state index is 4.77. The molecule has 0 aliphatic heterocycles. The van der Waals surface area contributed by atoms with Gasteiger partial charge in [-0.05, 0) is 6.26 Å². The number of methoxy groups -OCH3 is 1. The molecule has 3 heteroatoms. The van der Waals surface area contributed by atoms with Gasteiger partial charge < -0.3 is 4.74 Å². The topological polar surface area (TPSA) is 21.3 Å². The maximum Gasteiger partial charge on any atom is 0.0961 e. The van der Waals surface area contributed by atoms with Crippen LogP contribution < -0.4 is 5.32 Å². The van der Waals surface area contributed by atoms with Crippen molar-refractivity contribution in [3.63, 3.8) is 0 Å². The van der Waals surface area contributed by atoms with Gasteiger partial charge in [0.2, 0.25) is 0 Å². The molecule has 0 saturated carbocycles. The minimum atomic E-state index is 0.667. The molecule has 0 amide bonds. The van der Waals surface area contributed by atoms with E-state index in [9.17, 15) is 0 Å². The summed E-state index contributed by atoms with van der Waals surface area (Å²) in [7, 11) is 1.69. The predicted molar refractivity (Wildman–Crippen MR) is 38.3 cm³/mol. The zero-order valence-corrected chi connectivity index (χ0v) is 6.25. The van der Waals surface area contributed by atoms with Crippen LogP contribution in [-0.2, 0) is 4.74 Å². The molecule has 0 atom stereocenters. The van der Waals surface area contributed by atoms with Crippen LogP contribution in [0.4, 0.5) is 0 Å². The van der Waals surface area contributed by atoms with Gasteiger partial charge in [0.15, 0.2) is 0 Å². The Labute approximate surface area is 55.0 Å². The maximum absolute atomic E-state index is 4.77. The second-order valence-electron chi connectivity index (χ2n) is 1.43. The Morgan fingerprint density at radius 2 is 2.38 bits per heavy atom. The standard InChI is InChI=1S/C5H13NOS/c1-7-5-6-3-4-8-2/h6H,3-5H2,1-2H3. The van der Waals surface area contributed by atoms with Gasteiger partial charge in [0, 0.05) is 19.4 Å². The van der Waals surface area contributed by atoms with Gasteiger partial charge >= 0.3 is 0 Å². The lowest BCUT2D eigenvalue weighted by Crippen LogP contribution is -2.19. The normalized spacial score (nSPS) is 9.75. The van der Waals surface area contributed by atoms with Crippen LogP contribution in [0.5, 0.6) is 0 Å². The average Bonchev–Trinajstić information content (AvgIpc) is 1.81. The van der Waals surface area contributed by atoms with E-state index < -0.39 is 0 Å². The van der Waals surface area contributed by atoms with Crippen LogP contribution in [0, 0.1) is 0 Å². The summed E-state index contributed by atoms with van der Waals surface area (Å²) >= 11 is 1.83. The van der Waals surface area contributed by atoms with E-state index in [0.717, 1.165) is 12.3 Å². The summed E-state index contributed by atoms with van der Waals surface area (Å²) in [5, 5.41) is 3.09. The van der Waals surface area contributed by atoms with Gasteiger partial charge in [-0.25, -0.2) is 0 Å². The van der Waals surface area contributed by atoms with E-state index in [2.05, 4.69) is 11.6 Å². The molecule has 0 saturated heterocycles. The third-order valence-corrected chi connectivity index (χ3v) is 1.34. The van der Waals surface area contributed by atoms with Crippen molar-refractivity contribution in [1.29, 1.82) is 0 Å². The molecule has 0 aromatic heterocycles. The number of nitrogens with one attached hydrogen (secondary N) is 1. The average molecular weight is 135 g/mol. The van der Waals surface area contributed by atoms with Crippen LogP contribution >= 0.6 is 11.8 Å². The summed E-state index contributed by atoms with van der Waals surface area (Å²) < 4.78 is 4.77. The van der Waals surface area contributed by atoms with Crippen molar-refractivity contribution in [2.24, 2.45) is 0 Å². The van der Waals surface area contributed by atoms with Crippen LogP contribution in [0.15, 0.2) is 0 Å². The molecule has 0 radical (unpaired) electrons. The van der Waals surface area contributed by atoms with Crippen LogP contribution in [-0.4, -0.2) is 32.4 Å². The molecule has 0 rings (SSSR count). The summed E-state index contributed by atoms with van der Waals surface area (Å²) in [6.07, 6.45) is 2.09. The summed E-state index contributed by atoms with van der Waals surface area (Å²) in [6.45, 7) is 1.70. The Morgan fingerprint density at radius 1 is 1.62 bits per heavy atom. The molecule has 50 valence electrons. The first-order valence-corrected chi connectivity index (χ1v) is 3.99. The molecular formula is C5H13NOS. The highest BCUT2D eigenvalue weighted by atomic mass is 32.2. The van der Waals surface area contributed by atoms with E-state index in [1.165, 1.54) is 0 Å². The molecule has 0 heterocycles. The van der Waals surface area contributed by atoms with E-state index in [1.807, 2.05) is 11.8 Å². The lowest BCUT2D eigenvalue weighted by atomic mass is 10.8. The van der Waals surface area contributed by atoms with E-state index >= 15 is 0 Å². The summed E-state index contributed by atoms with van der Waals surface area (Å²) in [5.41, 5.74) is 0. The highest BCUT2D eigenvalue weighted by Crippen LogP contribution is 1.86. The fourth-order valence-electron chi connectivity index (χ4n) is 0.348. The second-order valence-corrected chi connectivity index (χ2v) is 2.41. The van der Waals surface area contributed by atoms with E-state index in [4.69, 9.17) is 4.74 Å². The van der Waals surface area contributed by atoms with Gasteiger partial charge in [0.25, 0.3) is 0 Å². The fraction of sp³-hybridized carbons (Fsp3) is 1.00. The zero-order chi connectivity index (χ0) is 6.24. The van der Waals surface area contributed by atoms with Gasteiger partial charge in [-0.3, -0.25) is 5.32 Å². The molecule has 8 heavy (non-hydrogen) atoms. The third kappa shape index (κ3) is 6.27. The van der Waals surface area contributed by atoms with Gasteiger partial charge in [-0.15, -0.1) is 0 Å². The molecule has 0 fully saturated rings. The Balaban J connectivity index is 2.53. The molecule has 0 aromatic rings. The number of ether oxygens (including phenoxy) is 1. The van der Waals surface area contributed by atoms with E-state index in [1.54, 1.807) is 7.11 Å². The van der Waals surface area contributed by atoms with Crippen molar-refractivity contribution < 1.29 is 4.74 Å². The number of rotatable bonds is 5. The number of thioether (sulfide) groups is 1. The van der Waals surface area contributed by atoms with Crippen molar-refractivity contribution in [2.75, 3.05) is 32.4 Å². The SMILES string of the molecule is COCNCCSC. The lowest BCUT2D eigenvalue weighted by Gasteiger charge is -1.98. The van der Waals surface area contributed by atoms with Crippen molar-refractivity contribution in [1.82, 2.24) is 5.32 Å². The molecule has 0 bridgehead atoms. The van der Waals surface area contributed by atoms with Gasteiger partial charge in [-0.1, -0.05) is 0 Å². The first-order valence-electron chi connectivity index (χ1n) is 2.60. The quantitative estimate of drug-likeness (QED) is 0.439. The first kappa shape index (κ1) is 8.27. The minimum Gasteiger partial charge on any atom is -0.370 e. The molecule has 0 spiro atoms. The Bertz CT molecular complexity index is 37.4. The Hall–Kier alpha value is 0.270. The monoisotopic (exact) mass is 135 g/mol. The van der Waals surface area contributed by atoms with Gasteiger partial charge in [0.1, 0.15) is 0 Å². The van der Waals surface area contributed by atoms with Crippen LogP contribution in [0.1, 0.15) is 0 Å². The van der Waals surface area contributed by atoms with Crippen molar-refractivity contribution >= 4 is 11.8 Å². The van der Waals surface area contributed by atoms with Gasteiger partial charge in [-0.2, -0.15) is 11.8 Å². The number of hydrogen-bond acceptors (Lipinski definition) is 3. The van der Waals surface area contributed by atoms with Gasteiger partial charge in [0.05, 0.1) is 6.73 Å². The first-order chi connectivity index (χ1) is 3.91. The Morgan fingerprint density at radius 3 is 2.88 bits per heavy atom. The molecule has 0 unspecified atom stereocenters. The highest BCUT2D eigenvalue weighted by molar-refractivity contribution is 7.98. The highest BCUT2D eigenvalue weighted by Gasteiger charge is 1.80. The Kier molecular flexibility index (Phi) is 7.52. The molecule has 0 aromatic carbocycles. The van der Waals surface area contributed by atoms with Crippen molar-refractivity contribution in [3.8, 4) is 0 Å². The predicted octanol–water partition coefficient (Wildman–Crippen LogP) is 0.543.